The Morgan fingerprint density at radius 2 is 1.82 bits per heavy atom. The highest BCUT2D eigenvalue weighted by Crippen LogP contribution is 2.37. The van der Waals surface area contributed by atoms with Crippen molar-refractivity contribution < 1.29 is 4.74 Å². The summed E-state index contributed by atoms with van der Waals surface area (Å²) in [6.45, 7) is 6.29. The molecule has 2 aliphatic heterocycles. The maximum absolute atomic E-state index is 5.70. The zero-order valence-corrected chi connectivity index (χ0v) is 19.4. The molecule has 0 amide bonds. The second kappa shape index (κ2) is 8.54. The number of hydrogen-bond acceptors (Lipinski definition) is 4. The first-order valence-corrected chi connectivity index (χ1v) is 11.2. The molecule has 166 valence electrons. The van der Waals surface area contributed by atoms with Gasteiger partial charge in [0, 0.05) is 23.5 Å². The van der Waals surface area contributed by atoms with Crippen molar-refractivity contribution in [3.63, 3.8) is 0 Å². The van der Waals surface area contributed by atoms with E-state index in [1.165, 1.54) is 11.1 Å². The highest BCUT2D eigenvalue weighted by molar-refractivity contribution is 5.80. The molecule has 0 spiro atoms. The minimum Gasteiger partial charge on any atom is -0.495 e. The first-order chi connectivity index (χ1) is 16.1. The largest absolute Gasteiger partial charge is 0.495 e. The first kappa shape index (κ1) is 20.9. The van der Waals surface area contributed by atoms with Gasteiger partial charge in [0.1, 0.15) is 11.4 Å². The van der Waals surface area contributed by atoms with Crippen LogP contribution in [0.4, 0.5) is 0 Å². The van der Waals surface area contributed by atoms with Gasteiger partial charge >= 0.3 is 0 Å². The van der Waals surface area contributed by atoms with Gasteiger partial charge in [-0.2, -0.15) is 0 Å². The molecule has 0 aliphatic carbocycles. The van der Waals surface area contributed by atoms with Crippen LogP contribution in [0.2, 0.25) is 0 Å². The number of methoxy groups -OCH3 is 1. The summed E-state index contributed by atoms with van der Waals surface area (Å²) in [7, 11) is 1.68. The molecule has 1 aromatic heterocycles. The zero-order valence-electron chi connectivity index (χ0n) is 19.4. The van der Waals surface area contributed by atoms with Crippen molar-refractivity contribution >= 4 is 0 Å². The molecule has 2 aliphatic rings. The molecule has 1 atom stereocenters. The molecule has 0 saturated carbocycles. The van der Waals surface area contributed by atoms with Crippen molar-refractivity contribution in [3.8, 4) is 34.1 Å². The molecule has 0 saturated heterocycles. The topological polar surface area (TPSA) is 57.8 Å². The number of pyridine rings is 1. The van der Waals surface area contributed by atoms with Crippen LogP contribution in [0.5, 0.6) is 5.75 Å². The molecule has 5 rings (SSSR count). The normalized spacial score (nSPS) is 12.2. The second-order valence-corrected chi connectivity index (χ2v) is 8.35. The minimum absolute atomic E-state index is 0.195. The molecule has 3 aromatic rings. The lowest BCUT2D eigenvalue weighted by molar-refractivity contribution is 0.413. The van der Waals surface area contributed by atoms with Crippen molar-refractivity contribution in [1.82, 2.24) is 24.3 Å². The predicted octanol–water partition coefficient (Wildman–Crippen LogP) is 5.86. The number of hydrogen-bond donors (Lipinski definition) is 0. The Bertz CT molecular complexity index is 1370. The molecule has 0 N–H and O–H groups in total. The van der Waals surface area contributed by atoms with Gasteiger partial charge in [0.25, 0.3) is 0 Å². The van der Waals surface area contributed by atoms with E-state index >= 15 is 0 Å². The van der Waals surface area contributed by atoms with Crippen LogP contribution in [0.25, 0.3) is 28.3 Å². The quantitative estimate of drug-likeness (QED) is 0.334. The standard InChI is InChI=1S/C27H27N5O/c1-5-23(20-10-8-18(2)9-11-20)32-14-6-7-22-26(29-30-27(22)32)21-12-13-24(25(15-21)33-4)31-16-19(3)28-17-31/h6-17,23H,5H2,1-4H3/t23-/m1/s1. The van der Waals surface area contributed by atoms with Crippen LogP contribution in [0.3, 0.4) is 0 Å². The van der Waals surface area contributed by atoms with Crippen molar-refractivity contribution in [3.05, 3.63) is 90.1 Å². The van der Waals surface area contributed by atoms with Crippen LogP contribution < -0.4 is 4.74 Å². The third kappa shape index (κ3) is 3.78. The van der Waals surface area contributed by atoms with Crippen LogP contribution in [0, 0.1) is 13.8 Å². The number of ether oxygens (including phenoxy) is 1. The Morgan fingerprint density at radius 3 is 2.52 bits per heavy atom. The molecule has 0 fully saturated rings. The van der Waals surface area contributed by atoms with Crippen LogP contribution in [0.1, 0.15) is 36.2 Å². The third-order valence-corrected chi connectivity index (χ3v) is 6.12. The summed E-state index contributed by atoms with van der Waals surface area (Å²) in [6.07, 6.45) is 6.83. The molecule has 2 aromatic carbocycles. The van der Waals surface area contributed by atoms with Crippen molar-refractivity contribution in [2.45, 2.75) is 33.2 Å². The maximum atomic E-state index is 5.70. The van der Waals surface area contributed by atoms with E-state index in [0.717, 1.165) is 46.2 Å². The molecule has 0 bridgehead atoms. The second-order valence-electron chi connectivity index (χ2n) is 8.35. The maximum Gasteiger partial charge on any atom is 0.165 e. The van der Waals surface area contributed by atoms with Gasteiger partial charge < -0.3 is 13.9 Å². The Balaban J connectivity index is 1.54. The average molecular weight is 438 g/mol. The van der Waals surface area contributed by atoms with E-state index in [9.17, 15) is 0 Å². The average Bonchev–Trinajstić information content (AvgIpc) is 3.47. The molecule has 3 heterocycles. The van der Waals surface area contributed by atoms with Gasteiger partial charge in [-0.15, -0.1) is 10.2 Å². The summed E-state index contributed by atoms with van der Waals surface area (Å²) < 4.78 is 9.90. The lowest BCUT2D eigenvalue weighted by Crippen LogP contribution is -2.12. The lowest BCUT2D eigenvalue weighted by atomic mass is 10.0. The fourth-order valence-electron chi connectivity index (χ4n) is 4.40. The monoisotopic (exact) mass is 437 g/mol. The van der Waals surface area contributed by atoms with Gasteiger partial charge in [-0.3, -0.25) is 0 Å². The molecule has 33 heavy (non-hydrogen) atoms. The lowest BCUT2D eigenvalue weighted by Gasteiger charge is -2.22. The van der Waals surface area contributed by atoms with Crippen LogP contribution in [-0.2, 0) is 0 Å². The highest BCUT2D eigenvalue weighted by atomic mass is 16.5. The summed E-state index contributed by atoms with van der Waals surface area (Å²) in [5, 5.41) is 9.19. The number of rotatable bonds is 6. The fraction of sp³-hybridized carbons (Fsp3) is 0.222. The van der Waals surface area contributed by atoms with Gasteiger partial charge in [0.05, 0.1) is 30.9 Å². The van der Waals surface area contributed by atoms with E-state index in [1.807, 2.05) is 29.8 Å². The van der Waals surface area contributed by atoms with Gasteiger partial charge in [-0.05, 0) is 50.1 Å². The molecular formula is C27H27N5O. The Hall–Kier alpha value is -3.93. The Morgan fingerprint density at radius 1 is 1.00 bits per heavy atom. The molecule has 6 nitrogen and oxygen atoms in total. The summed E-state index contributed by atoms with van der Waals surface area (Å²) >= 11 is 0. The predicted molar refractivity (Wildman–Crippen MR) is 130 cm³/mol. The van der Waals surface area contributed by atoms with E-state index in [-0.39, 0.29) is 6.04 Å². The smallest absolute Gasteiger partial charge is 0.165 e. The van der Waals surface area contributed by atoms with Gasteiger partial charge in [-0.1, -0.05) is 42.8 Å². The molecular weight excluding hydrogens is 410 g/mol. The van der Waals surface area contributed by atoms with Crippen LogP contribution in [0.15, 0.2) is 73.3 Å². The first-order valence-electron chi connectivity index (χ1n) is 11.2. The summed E-state index contributed by atoms with van der Waals surface area (Å²) in [6, 6.07) is 19.2. The highest BCUT2D eigenvalue weighted by Gasteiger charge is 2.22. The Kier molecular flexibility index (Phi) is 5.42. The van der Waals surface area contributed by atoms with Crippen molar-refractivity contribution in [1.29, 1.82) is 0 Å². The third-order valence-electron chi connectivity index (χ3n) is 6.12. The molecule has 6 heteroatoms. The van der Waals surface area contributed by atoms with E-state index in [1.54, 1.807) is 13.4 Å². The SMILES string of the molecule is CC[C@H](c1ccc(C)cc1)n1cccc2c(-c3ccc(-n4cnc(C)c4)c(OC)c3)nnc1-2. The number of aryl methyl sites for hydroxylation is 2. The van der Waals surface area contributed by atoms with Crippen molar-refractivity contribution in [2.75, 3.05) is 7.11 Å². The van der Waals surface area contributed by atoms with Gasteiger partial charge in [-0.25, -0.2) is 4.98 Å². The van der Waals surface area contributed by atoms with E-state index < -0.39 is 0 Å². The van der Waals surface area contributed by atoms with E-state index in [0.29, 0.717) is 0 Å². The summed E-state index contributed by atoms with van der Waals surface area (Å²) in [4.78, 5) is 4.33. The summed E-state index contributed by atoms with van der Waals surface area (Å²) in [5.41, 5.74) is 7.27. The number of imidazole rings is 1. The Labute approximate surface area is 193 Å². The van der Waals surface area contributed by atoms with E-state index in [4.69, 9.17) is 4.74 Å². The van der Waals surface area contributed by atoms with Gasteiger partial charge in [0.15, 0.2) is 5.82 Å². The zero-order chi connectivity index (χ0) is 22.9. The summed E-state index contributed by atoms with van der Waals surface area (Å²) in [5.74, 6) is 1.64. The molecule has 0 unspecified atom stereocenters. The minimum atomic E-state index is 0.195. The fourth-order valence-corrected chi connectivity index (χ4v) is 4.40. The van der Waals surface area contributed by atoms with Crippen molar-refractivity contribution in [2.24, 2.45) is 0 Å². The number of benzene rings is 2. The number of fused-ring (bicyclic) bond motifs is 1. The van der Waals surface area contributed by atoms with Crippen LogP contribution in [-0.4, -0.2) is 31.4 Å². The molecule has 0 radical (unpaired) electrons. The van der Waals surface area contributed by atoms with E-state index in [2.05, 4.69) is 82.3 Å². The number of nitrogens with zero attached hydrogens (tertiary/aromatic N) is 5. The van der Waals surface area contributed by atoms with Crippen LogP contribution >= 0.6 is 0 Å². The van der Waals surface area contributed by atoms with Gasteiger partial charge in [0.2, 0.25) is 0 Å². The number of aromatic nitrogens is 5.